The predicted molar refractivity (Wildman–Crippen MR) is 49.3 cm³/mol. The second kappa shape index (κ2) is 5.00. The van der Waals surface area contributed by atoms with Gasteiger partial charge in [-0.2, -0.15) is 0 Å². The van der Waals surface area contributed by atoms with Crippen LogP contribution in [0.15, 0.2) is 24.3 Å². The summed E-state index contributed by atoms with van der Waals surface area (Å²) in [6.45, 7) is -0.120. The number of carbonyl (C=O) groups is 1. The minimum atomic E-state index is -0.914. The monoisotopic (exact) mass is 184 g/mol. The molecule has 1 rings (SSSR count). The van der Waals surface area contributed by atoms with Gasteiger partial charge in [-0.15, -0.1) is 0 Å². The summed E-state index contributed by atoms with van der Waals surface area (Å²) in [7, 11) is 0. The molecule has 0 aliphatic heterocycles. The summed E-state index contributed by atoms with van der Waals surface area (Å²) in [6.07, 6.45) is 0. The maximum atomic E-state index is 10.1. The standard InChI is InChI=1S/C8H9NO3.H3N/c10-7-3-1-6(2-4-7)9-5-8(11)12;/h1-4,9-10H,5H2,(H,11,12);1H3. The third-order valence-electron chi connectivity index (χ3n) is 1.31. The second-order valence-electron chi connectivity index (χ2n) is 2.29. The van der Waals surface area contributed by atoms with Crippen molar-refractivity contribution in [2.24, 2.45) is 0 Å². The molecule has 0 aromatic heterocycles. The van der Waals surface area contributed by atoms with Gasteiger partial charge in [0.25, 0.3) is 0 Å². The van der Waals surface area contributed by atoms with E-state index in [1.54, 1.807) is 12.1 Å². The molecule has 0 heterocycles. The highest BCUT2D eigenvalue weighted by molar-refractivity contribution is 5.72. The zero-order chi connectivity index (χ0) is 8.97. The SMILES string of the molecule is N.O=C(O)CNc1ccc(O)cc1. The van der Waals surface area contributed by atoms with Crippen LogP contribution in [0.25, 0.3) is 0 Å². The molecule has 1 aromatic rings. The van der Waals surface area contributed by atoms with E-state index in [4.69, 9.17) is 10.2 Å². The van der Waals surface area contributed by atoms with Crippen molar-refractivity contribution in [3.63, 3.8) is 0 Å². The molecule has 5 heteroatoms. The minimum Gasteiger partial charge on any atom is -0.508 e. The zero-order valence-corrected chi connectivity index (χ0v) is 7.03. The van der Waals surface area contributed by atoms with E-state index in [1.165, 1.54) is 12.1 Å². The number of carboxylic acid groups (broad SMARTS) is 1. The maximum Gasteiger partial charge on any atom is 0.322 e. The molecule has 0 amide bonds. The quantitative estimate of drug-likeness (QED) is 0.525. The Morgan fingerprint density at radius 3 is 2.31 bits per heavy atom. The van der Waals surface area contributed by atoms with Gasteiger partial charge < -0.3 is 21.7 Å². The Morgan fingerprint density at radius 2 is 1.85 bits per heavy atom. The summed E-state index contributed by atoms with van der Waals surface area (Å²) < 4.78 is 0. The number of phenols is 1. The second-order valence-corrected chi connectivity index (χ2v) is 2.29. The summed E-state index contributed by atoms with van der Waals surface area (Å²) in [5, 5.41) is 19.9. The van der Waals surface area contributed by atoms with E-state index in [-0.39, 0.29) is 18.4 Å². The van der Waals surface area contributed by atoms with E-state index >= 15 is 0 Å². The first-order valence-corrected chi connectivity index (χ1v) is 3.43. The van der Waals surface area contributed by atoms with Gasteiger partial charge in [0.2, 0.25) is 0 Å². The van der Waals surface area contributed by atoms with Crippen LogP contribution in [0.1, 0.15) is 0 Å². The van der Waals surface area contributed by atoms with Gasteiger partial charge >= 0.3 is 5.97 Å². The van der Waals surface area contributed by atoms with Crippen LogP contribution in [0.3, 0.4) is 0 Å². The van der Waals surface area contributed by atoms with E-state index in [2.05, 4.69) is 5.32 Å². The molecule has 0 unspecified atom stereocenters. The smallest absolute Gasteiger partial charge is 0.322 e. The van der Waals surface area contributed by atoms with Crippen LogP contribution >= 0.6 is 0 Å². The number of hydrogen-bond acceptors (Lipinski definition) is 4. The van der Waals surface area contributed by atoms with Crippen molar-refractivity contribution in [2.75, 3.05) is 11.9 Å². The molecule has 0 aliphatic rings. The Balaban J connectivity index is 0.00000144. The summed E-state index contributed by atoms with van der Waals surface area (Å²) in [5.74, 6) is -0.751. The van der Waals surface area contributed by atoms with E-state index in [0.717, 1.165) is 0 Å². The van der Waals surface area contributed by atoms with Crippen LogP contribution in [-0.4, -0.2) is 22.7 Å². The lowest BCUT2D eigenvalue weighted by molar-refractivity contribution is -0.134. The minimum absolute atomic E-state index is 0. The Labute approximate surface area is 75.6 Å². The lowest BCUT2D eigenvalue weighted by atomic mass is 10.3. The van der Waals surface area contributed by atoms with Gasteiger partial charge in [0, 0.05) is 5.69 Å². The van der Waals surface area contributed by atoms with Gasteiger partial charge in [0.1, 0.15) is 12.3 Å². The molecule has 0 radical (unpaired) electrons. The van der Waals surface area contributed by atoms with Crippen molar-refractivity contribution in [1.82, 2.24) is 6.15 Å². The topological polar surface area (TPSA) is 105 Å². The molecule has 72 valence electrons. The number of phenolic OH excluding ortho intramolecular Hbond substituents is 1. The summed E-state index contributed by atoms with van der Waals surface area (Å²) >= 11 is 0. The number of nitrogens with one attached hydrogen (secondary N) is 1. The van der Waals surface area contributed by atoms with Gasteiger partial charge in [-0.1, -0.05) is 0 Å². The third kappa shape index (κ3) is 3.97. The van der Waals surface area contributed by atoms with Gasteiger partial charge in [-0.3, -0.25) is 4.79 Å². The van der Waals surface area contributed by atoms with Gasteiger partial charge in [0.05, 0.1) is 0 Å². The summed E-state index contributed by atoms with van der Waals surface area (Å²) in [6, 6.07) is 6.20. The molecule has 6 N–H and O–H groups in total. The average molecular weight is 184 g/mol. The van der Waals surface area contributed by atoms with Crippen LogP contribution in [0, 0.1) is 0 Å². The van der Waals surface area contributed by atoms with Crippen LogP contribution in [-0.2, 0) is 4.79 Å². The van der Waals surface area contributed by atoms with E-state index in [0.29, 0.717) is 5.69 Å². The lowest BCUT2D eigenvalue weighted by Crippen LogP contribution is -2.11. The van der Waals surface area contributed by atoms with Crippen molar-refractivity contribution in [3.8, 4) is 5.75 Å². The van der Waals surface area contributed by atoms with Crippen molar-refractivity contribution in [3.05, 3.63) is 24.3 Å². The van der Waals surface area contributed by atoms with Crippen LogP contribution < -0.4 is 11.5 Å². The first-order chi connectivity index (χ1) is 5.68. The van der Waals surface area contributed by atoms with Gasteiger partial charge in [-0.05, 0) is 24.3 Å². The van der Waals surface area contributed by atoms with E-state index in [9.17, 15) is 4.79 Å². The molecular weight excluding hydrogens is 172 g/mol. The Bertz CT molecular complexity index is 271. The highest BCUT2D eigenvalue weighted by Crippen LogP contribution is 2.12. The van der Waals surface area contributed by atoms with Crippen molar-refractivity contribution in [2.45, 2.75) is 0 Å². The number of rotatable bonds is 3. The van der Waals surface area contributed by atoms with Crippen molar-refractivity contribution < 1.29 is 15.0 Å². The number of aliphatic carboxylic acids is 1. The molecule has 0 fully saturated rings. The van der Waals surface area contributed by atoms with E-state index in [1.807, 2.05) is 0 Å². The summed E-state index contributed by atoms with van der Waals surface area (Å²) in [4.78, 5) is 10.1. The zero-order valence-electron chi connectivity index (χ0n) is 7.03. The highest BCUT2D eigenvalue weighted by Gasteiger charge is 1.95. The van der Waals surface area contributed by atoms with Crippen LogP contribution in [0.5, 0.6) is 5.75 Å². The number of anilines is 1. The van der Waals surface area contributed by atoms with Crippen LogP contribution in [0.4, 0.5) is 5.69 Å². The molecule has 1 aromatic carbocycles. The molecule has 0 saturated carbocycles. The molecule has 0 saturated heterocycles. The molecule has 5 nitrogen and oxygen atoms in total. The number of aromatic hydroxyl groups is 1. The third-order valence-corrected chi connectivity index (χ3v) is 1.31. The fourth-order valence-electron chi connectivity index (χ4n) is 0.757. The number of carboxylic acids is 1. The average Bonchev–Trinajstić information content (AvgIpc) is 2.03. The predicted octanol–water partition coefficient (Wildman–Crippen LogP) is 1.05. The first-order valence-electron chi connectivity index (χ1n) is 3.43. The number of benzene rings is 1. The van der Waals surface area contributed by atoms with Crippen LogP contribution in [0.2, 0.25) is 0 Å². The van der Waals surface area contributed by atoms with E-state index < -0.39 is 5.97 Å². The molecular formula is C8H12N2O3. The Kier molecular flexibility index (Phi) is 4.32. The highest BCUT2D eigenvalue weighted by atomic mass is 16.4. The Morgan fingerprint density at radius 1 is 1.31 bits per heavy atom. The molecule has 13 heavy (non-hydrogen) atoms. The normalized spacial score (nSPS) is 8.62. The number of hydrogen-bond donors (Lipinski definition) is 4. The summed E-state index contributed by atoms with van der Waals surface area (Å²) in [5.41, 5.74) is 0.676. The van der Waals surface area contributed by atoms with Gasteiger partial charge in [0.15, 0.2) is 0 Å². The first kappa shape index (κ1) is 11.2. The maximum absolute atomic E-state index is 10.1. The Hall–Kier alpha value is -1.75. The largest absolute Gasteiger partial charge is 0.508 e. The lowest BCUT2D eigenvalue weighted by Gasteiger charge is -2.01. The van der Waals surface area contributed by atoms with Crippen molar-refractivity contribution in [1.29, 1.82) is 0 Å². The van der Waals surface area contributed by atoms with Gasteiger partial charge in [-0.25, -0.2) is 0 Å². The van der Waals surface area contributed by atoms with Crippen molar-refractivity contribution >= 4 is 11.7 Å². The fraction of sp³-hybridized carbons (Fsp3) is 0.125. The fourth-order valence-corrected chi connectivity index (χ4v) is 0.757. The molecule has 0 bridgehead atoms. The molecule has 0 aliphatic carbocycles. The molecule has 0 spiro atoms. The molecule has 0 atom stereocenters.